The van der Waals surface area contributed by atoms with Crippen LogP contribution < -0.4 is 0 Å². The van der Waals surface area contributed by atoms with Crippen molar-refractivity contribution in [2.45, 2.75) is 31.4 Å². The predicted octanol–water partition coefficient (Wildman–Crippen LogP) is 1.94. The Morgan fingerprint density at radius 2 is 1.90 bits per heavy atom. The number of benzene rings is 1. The van der Waals surface area contributed by atoms with Gasteiger partial charge in [0.1, 0.15) is 11.6 Å². The minimum atomic E-state index is -0.668. The fourth-order valence-electron chi connectivity index (χ4n) is 2.73. The van der Waals surface area contributed by atoms with E-state index in [1.54, 1.807) is 0 Å². The van der Waals surface area contributed by atoms with E-state index in [0.717, 1.165) is 6.07 Å². The Kier molecular flexibility index (Phi) is 3.43. The molecule has 0 unspecified atom stereocenters. The van der Waals surface area contributed by atoms with Gasteiger partial charge in [0.15, 0.2) is 0 Å². The summed E-state index contributed by atoms with van der Waals surface area (Å²) in [6.07, 6.45) is 0.909. The standard InChI is InChI=1S/C14H15F2NO3/c15-10-3-8(4-11(16)7-10)13-1-2-20-17(13)14(19)9-5-12(18)6-9/h3-4,7,9,12-13,18H,1-2,5-6H2/t9-,12+,13-/m0/s1. The van der Waals surface area contributed by atoms with E-state index < -0.39 is 23.8 Å². The summed E-state index contributed by atoms with van der Waals surface area (Å²) in [5.41, 5.74) is 0.397. The molecule has 2 fully saturated rings. The van der Waals surface area contributed by atoms with Gasteiger partial charge >= 0.3 is 0 Å². The first-order valence-corrected chi connectivity index (χ1v) is 6.64. The Hall–Kier alpha value is -1.53. The third-order valence-corrected chi connectivity index (χ3v) is 3.85. The van der Waals surface area contributed by atoms with Gasteiger partial charge in [-0.2, -0.15) is 0 Å². The third-order valence-electron chi connectivity index (χ3n) is 3.85. The van der Waals surface area contributed by atoms with E-state index in [9.17, 15) is 18.7 Å². The molecule has 108 valence electrons. The minimum Gasteiger partial charge on any atom is -0.393 e. The van der Waals surface area contributed by atoms with Crippen molar-refractivity contribution >= 4 is 5.91 Å². The number of nitrogens with zero attached hydrogens (tertiary/aromatic N) is 1. The van der Waals surface area contributed by atoms with Crippen LogP contribution in [0, 0.1) is 17.6 Å². The minimum absolute atomic E-state index is 0.220. The van der Waals surface area contributed by atoms with Crippen molar-refractivity contribution in [3.8, 4) is 0 Å². The van der Waals surface area contributed by atoms with Crippen LogP contribution in [0.15, 0.2) is 18.2 Å². The molecule has 1 heterocycles. The second-order valence-corrected chi connectivity index (χ2v) is 5.33. The highest BCUT2D eigenvalue weighted by Gasteiger charge is 2.41. The van der Waals surface area contributed by atoms with Gasteiger partial charge in [0.25, 0.3) is 0 Å². The Labute approximate surface area is 114 Å². The molecule has 0 bridgehead atoms. The maximum Gasteiger partial charge on any atom is 0.250 e. The SMILES string of the molecule is O=C([C@H]1C[C@@H](O)C1)N1OCC[C@H]1c1cc(F)cc(F)c1. The van der Waals surface area contributed by atoms with Gasteiger partial charge in [-0.1, -0.05) is 0 Å². The summed E-state index contributed by atoms with van der Waals surface area (Å²) in [6.45, 7) is 0.337. The Morgan fingerprint density at radius 3 is 2.50 bits per heavy atom. The number of carbonyl (C=O) groups excluding carboxylic acids is 1. The smallest absolute Gasteiger partial charge is 0.250 e. The predicted molar refractivity (Wildman–Crippen MR) is 65.2 cm³/mol. The van der Waals surface area contributed by atoms with E-state index in [1.807, 2.05) is 0 Å². The number of hydroxylamine groups is 2. The molecule has 1 amide bonds. The lowest BCUT2D eigenvalue weighted by atomic mass is 9.81. The zero-order valence-corrected chi connectivity index (χ0v) is 10.8. The molecule has 1 N–H and O–H groups in total. The maximum atomic E-state index is 13.3. The molecule has 4 nitrogen and oxygen atoms in total. The molecule has 6 heteroatoms. The molecule has 1 saturated carbocycles. The zero-order chi connectivity index (χ0) is 14.3. The first kappa shape index (κ1) is 13.5. The van der Waals surface area contributed by atoms with E-state index in [0.29, 0.717) is 31.4 Å². The van der Waals surface area contributed by atoms with E-state index >= 15 is 0 Å². The lowest BCUT2D eigenvalue weighted by Gasteiger charge is -2.34. The number of aliphatic hydroxyl groups is 1. The normalized spacial score (nSPS) is 29.4. The number of carbonyl (C=O) groups is 1. The summed E-state index contributed by atoms with van der Waals surface area (Å²) < 4.78 is 26.6. The third kappa shape index (κ3) is 2.41. The maximum absolute atomic E-state index is 13.3. The number of halogens is 2. The van der Waals surface area contributed by atoms with E-state index in [4.69, 9.17) is 4.84 Å². The van der Waals surface area contributed by atoms with Crippen molar-refractivity contribution in [3.63, 3.8) is 0 Å². The van der Waals surface area contributed by atoms with Crippen LogP contribution in [0.25, 0.3) is 0 Å². The molecule has 1 aromatic carbocycles. The van der Waals surface area contributed by atoms with Crippen LogP contribution in [0.5, 0.6) is 0 Å². The monoisotopic (exact) mass is 283 g/mol. The van der Waals surface area contributed by atoms with Gasteiger partial charge in [-0.15, -0.1) is 0 Å². The van der Waals surface area contributed by atoms with Crippen molar-refractivity contribution in [1.82, 2.24) is 5.06 Å². The lowest BCUT2D eigenvalue weighted by Crippen LogP contribution is -2.42. The topological polar surface area (TPSA) is 49.8 Å². The number of aliphatic hydroxyl groups excluding tert-OH is 1. The van der Waals surface area contributed by atoms with Gasteiger partial charge in [-0.3, -0.25) is 9.63 Å². The van der Waals surface area contributed by atoms with Crippen LogP contribution in [0.3, 0.4) is 0 Å². The summed E-state index contributed by atoms with van der Waals surface area (Å²) in [5.74, 6) is -1.82. The van der Waals surface area contributed by atoms with Crippen molar-refractivity contribution < 1.29 is 23.5 Å². The van der Waals surface area contributed by atoms with Gasteiger partial charge in [0.2, 0.25) is 5.91 Å². The van der Waals surface area contributed by atoms with Crippen LogP contribution in [0.2, 0.25) is 0 Å². The molecule has 1 atom stereocenters. The van der Waals surface area contributed by atoms with Crippen LogP contribution in [0.1, 0.15) is 30.9 Å². The highest BCUT2D eigenvalue weighted by atomic mass is 19.1. The van der Waals surface area contributed by atoms with E-state index in [-0.39, 0.29) is 11.8 Å². The van der Waals surface area contributed by atoms with Crippen LogP contribution in [-0.4, -0.2) is 28.8 Å². The summed E-state index contributed by atoms with van der Waals surface area (Å²) in [5, 5.41) is 10.5. The van der Waals surface area contributed by atoms with Gasteiger partial charge in [0.05, 0.1) is 18.8 Å². The molecule has 0 aromatic heterocycles. The number of amides is 1. The molecule has 1 aromatic rings. The van der Waals surface area contributed by atoms with Gasteiger partial charge < -0.3 is 5.11 Å². The molecule has 0 spiro atoms. The number of hydrogen-bond donors (Lipinski definition) is 1. The highest BCUT2D eigenvalue weighted by molar-refractivity contribution is 5.79. The zero-order valence-electron chi connectivity index (χ0n) is 10.8. The van der Waals surface area contributed by atoms with Crippen molar-refractivity contribution in [2.75, 3.05) is 6.61 Å². The van der Waals surface area contributed by atoms with Crippen molar-refractivity contribution in [2.24, 2.45) is 5.92 Å². The Bertz CT molecular complexity index is 511. The lowest BCUT2D eigenvalue weighted by molar-refractivity contribution is -0.187. The molecule has 1 aliphatic heterocycles. The average molecular weight is 283 g/mol. The molecular weight excluding hydrogens is 268 g/mol. The van der Waals surface area contributed by atoms with Crippen LogP contribution in [0.4, 0.5) is 8.78 Å². The molecule has 20 heavy (non-hydrogen) atoms. The van der Waals surface area contributed by atoms with E-state index in [2.05, 4.69) is 0 Å². The average Bonchev–Trinajstić information content (AvgIpc) is 2.82. The molecular formula is C14H15F2NO3. The number of rotatable bonds is 2. The molecule has 3 rings (SSSR count). The molecule has 1 aliphatic carbocycles. The fourth-order valence-corrected chi connectivity index (χ4v) is 2.73. The van der Waals surface area contributed by atoms with Gasteiger partial charge in [0, 0.05) is 18.4 Å². The number of hydrogen-bond acceptors (Lipinski definition) is 3. The van der Waals surface area contributed by atoms with Gasteiger partial charge in [-0.05, 0) is 30.5 Å². The first-order valence-electron chi connectivity index (χ1n) is 6.64. The summed E-state index contributed by atoms with van der Waals surface area (Å²) in [6, 6.07) is 2.77. The second-order valence-electron chi connectivity index (χ2n) is 5.33. The van der Waals surface area contributed by atoms with Crippen molar-refractivity contribution in [1.29, 1.82) is 0 Å². The molecule has 1 saturated heterocycles. The van der Waals surface area contributed by atoms with E-state index in [1.165, 1.54) is 17.2 Å². The Morgan fingerprint density at radius 1 is 1.25 bits per heavy atom. The van der Waals surface area contributed by atoms with Gasteiger partial charge in [-0.25, -0.2) is 13.8 Å². The molecule has 0 radical (unpaired) electrons. The van der Waals surface area contributed by atoms with Crippen LogP contribution >= 0.6 is 0 Å². The first-order chi connectivity index (χ1) is 9.54. The summed E-state index contributed by atoms with van der Waals surface area (Å²) in [7, 11) is 0. The summed E-state index contributed by atoms with van der Waals surface area (Å²) in [4.78, 5) is 17.5. The summed E-state index contributed by atoms with van der Waals surface area (Å²) >= 11 is 0. The van der Waals surface area contributed by atoms with Crippen molar-refractivity contribution in [3.05, 3.63) is 35.4 Å². The molecule has 2 aliphatic rings. The largest absolute Gasteiger partial charge is 0.393 e. The Balaban J connectivity index is 1.79. The quantitative estimate of drug-likeness (QED) is 0.902. The highest BCUT2D eigenvalue weighted by Crippen LogP contribution is 2.36. The second kappa shape index (κ2) is 5.10. The van der Waals surface area contributed by atoms with Crippen LogP contribution in [-0.2, 0) is 9.63 Å². The fraction of sp³-hybridized carbons (Fsp3) is 0.500.